The van der Waals surface area contributed by atoms with Crippen molar-refractivity contribution in [3.63, 3.8) is 0 Å². The van der Waals surface area contributed by atoms with Crippen LogP contribution in [0.3, 0.4) is 0 Å². The molecule has 0 bridgehead atoms. The van der Waals surface area contributed by atoms with Crippen molar-refractivity contribution in [1.82, 2.24) is 0 Å². The van der Waals surface area contributed by atoms with E-state index >= 15 is 0 Å². The van der Waals surface area contributed by atoms with E-state index < -0.39 is 35.6 Å². The van der Waals surface area contributed by atoms with Gasteiger partial charge in [-0.3, -0.25) is 9.59 Å². The van der Waals surface area contributed by atoms with E-state index in [9.17, 15) is 35.9 Å². The van der Waals surface area contributed by atoms with Crippen molar-refractivity contribution in [2.45, 2.75) is 18.3 Å². The standard InChI is InChI=1S/C19H11F6NO3/c20-18(21,22)17(19(23,24)25)11-1-5-13(6-2-11)29-14-7-3-12(4-8-14)26-15(27)9-10-16(26)28/h1-10,17H. The maximum atomic E-state index is 12.8. The molecule has 0 radical (unpaired) electrons. The van der Waals surface area contributed by atoms with Crippen molar-refractivity contribution in [2.24, 2.45) is 0 Å². The van der Waals surface area contributed by atoms with Gasteiger partial charge in [0.1, 0.15) is 11.5 Å². The molecule has 1 heterocycles. The Morgan fingerprint density at radius 1 is 0.690 bits per heavy atom. The Balaban J connectivity index is 1.75. The molecule has 2 aromatic rings. The monoisotopic (exact) mass is 415 g/mol. The smallest absolute Gasteiger partial charge is 0.404 e. The van der Waals surface area contributed by atoms with Crippen LogP contribution in [0.1, 0.15) is 11.5 Å². The highest BCUT2D eigenvalue weighted by molar-refractivity contribution is 6.28. The quantitative estimate of drug-likeness (QED) is 0.515. The first kappa shape index (κ1) is 20.4. The number of amides is 2. The zero-order valence-corrected chi connectivity index (χ0v) is 14.3. The summed E-state index contributed by atoms with van der Waals surface area (Å²) in [6, 6.07) is 9.00. The summed E-state index contributed by atoms with van der Waals surface area (Å²) in [5, 5.41) is 0. The number of alkyl halides is 6. The topological polar surface area (TPSA) is 46.6 Å². The molecule has 3 rings (SSSR count). The molecule has 2 aromatic carbocycles. The number of nitrogens with zero attached hydrogens (tertiary/aromatic N) is 1. The second-order valence-electron chi connectivity index (χ2n) is 6.03. The predicted molar refractivity (Wildman–Crippen MR) is 89.4 cm³/mol. The van der Waals surface area contributed by atoms with Crippen molar-refractivity contribution in [3.8, 4) is 11.5 Å². The molecule has 0 saturated heterocycles. The van der Waals surface area contributed by atoms with Crippen LogP contribution in [0.2, 0.25) is 0 Å². The lowest BCUT2D eigenvalue weighted by Gasteiger charge is -2.23. The van der Waals surface area contributed by atoms with Crippen LogP contribution >= 0.6 is 0 Å². The van der Waals surface area contributed by atoms with Crippen molar-refractivity contribution in [2.75, 3.05) is 4.90 Å². The lowest BCUT2D eigenvalue weighted by molar-refractivity contribution is -0.253. The summed E-state index contributed by atoms with van der Waals surface area (Å²) >= 11 is 0. The molecule has 0 aromatic heterocycles. The number of carbonyl (C=O) groups is 2. The molecule has 0 atom stereocenters. The molecule has 0 saturated carbocycles. The lowest BCUT2D eigenvalue weighted by atomic mass is 9.98. The Morgan fingerprint density at radius 2 is 1.10 bits per heavy atom. The van der Waals surface area contributed by atoms with E-state index in [1.807, 2.05) is 0 Å². The van der Waals surface area contributed by atoms with E-state index in [0.29, 0.717) is 12.1 Å². The third-order valence-corrected chi connectivity index (χ3v) is 4.01. The highest BCUT2D eigenvalue weighted by Gasteiger charge is 2.57. The highest BCUT2D eigenvalue weighted by atomic mass is 19.4. The average Bonchev–Trinajstić information content (AvgIpc) is 2.94. The Hall–Kier alpha value is -3.30. The van der Waals surface area contributed by atoms with Gasteiger partial charge in [0.25, 0.3) is 11.8 Å². The molecule has 0 fully saturated rings. The van der Waals surface area contributed by atoms with Crippen LogP contribution in [-0.2, 0) is 9.59 Å². The first-order chi connectivity index (χ1) is 13.5. The fourth-order valence-electron chi connectivity index (χ4n) is 2.75. The minimum atomic E-state index is -5.48. The van der Waals surface area contributed by atoms with Gasteiger partial charge in [-0.25, -0.2) is 4.90 Å². The Bertz CT molecular complexity index is 914. The maximum absolute atomic E-state index is 12.8. The van der Waals surface area contributed by atoms with Gasteiger partial charge >= 0.3 is 12.4 Å². The Labute approximate surface area is 160 Å². The van der Waals surface area contributed by atoms with Gasteiger partial charge in [-0.15, -0.1) is 0 Å². The summed E-state index contributed by atoms with van der Waals surface area (Å²) in [5.74, 6) is -4.39. The fraction of sp³-hybridized carbons (Fsp3) is 0.158. The van der Waals surface area contributed by atoms with Crippen LogP contribution in [0.25, 0.3) is 0 Å². The van der Waals surface area contributed by atoms with Gasteiger partial charge in [0, 0.05) is 12.2 Å². The minimum Gasteiger partial charge on any atom is -0.457 e. The van der Waals surface area contributed by atoms with Crippen LogP contribution in [0, 0.1) is 0 Å². The molecule has 0 spiro atoms. The van der Waals surface area contributed by atoms with Gasteiger partial charge in [-0.2, -0.15) is 26.3 Å². The van der Waals surface area contributed by atoms with Crippen LogP contribution in [0.15, 0.2) is 60.7 Å². The number of benzene rings is 2. The summed E-state index contributed by atoms with van der Waals surface area (Å²) in [6.45, 7) is 0. The molecule has 1 aliphatic rings. The number of ether oxygens (including phenoxy) is 1. The summed E-state index contributed by atoms with van der Waals surface area (Å²) in [4.78, 5) is 24.2. The SMILES string of the molecule is O=C1C=CC(=O)N1c1ccc(Oc2ccc(C(C(F)(F)F)C(F)(F)F)cc2)cc1. The molecular weight excluding hydrogens is 404 g/mol. The van der Waals surface area contributed by atoms with Crippen LogP contribution in [-0.4, -0.2) is 24.2 Å². The second-order valence-corrected chi connectivity index (χ2v) is 6.03. The largest absolute Gasteiger partial charge is 0.457 e. The molecule has 4 nitrogen and oxygen atoms in total. The number of hydrogen-bond donors (Lipinski definition) is 0. The molecule has 152 valence electrons. The zero-order valence-electron chi connectivity index (χ0n) is 14.3. The minimum absolute atomic E-state index is 0.0135. The van der Waals surface area contributed by atoms with Crippen molar-refractivity contribution >= 4 is 17.5 Å². The number of imide groups is 1. The van der Waals surface area contributed by atoms with Gasteiger partial charge < -0.3 is 4.74 Å². The molecule has 0 N–H and O–H groups in total. The lowest BCUT2D eigenvalue weighted by Crippen LogP contribution is -2.34. The van der Waals surface area contributed by atoms with Crippen LogP contribution in [0.5, 0.6) is 11.5 Å². The third-order valence-electron chi connectivity index (χ3n) is 4.01. The van der Waals surface area contributed by atoms with Gasteiger partial charge in [0.2, 0.25) is 0 Å². The third kappa shape index (κ3) is 4.41. The Morgan fingerprint density at radius 3 is 1.52 bits per heavy atom. The zero-order chi connectivity index (χ0) is 21.4. The van der Waals surface area contributed by atoms with Gasteiger partial charge in [-0.05, 0) is 42.0 Å². The van der Waals surface area contributed by atoms with Crippen molar-refractivity contribution in [3.05, 3.63) is 66.2 Å². The van der Waals surface area contributed by atoms with Crippen molar-refractivity contribution in [1.29, 1.82) is 0 Å². The maximum Gasteiger partial charge on any atom is 0.404 e. The first-order valence-electron chi connectivity index (χ1n) is 8.04. The summed E-state index contributed by atoms with van der Waals surface area (Å²) in [6.07, 6.45) is -8.72. The van der Waals surface area contributed by atoms with E-state index in [1.165, 1.54) is 24.3 Å². The molecule has 10 heteroatoms. The molecular formula is C19H11F6NO3. The number of rotatable bonds is 4. The van der Waals surface area contributed by atoms with E-state index in [2.05, 4.69) is 0 Å². The number of hydrogen-bond acceptors (Lipinski definition) is 3. The van der Waals surface area contributed by atoms with E-state index in [4.69, 9.17) is 4.74 Å². The Kier molecular flexibility index (Phi) is 5.12. The van der Waals surface area contributed by atoms with Crippen LogP contribution < -0.4 is 9.64 Å². The molecule has 2 amide bonds. The van der Waals surface area contributed by atoms with Crippen LogP contribution in [0.4, 0.5) is 32.0 Å². The number of halogens is 6. The van der Waals surface area contributed by atoms with Gasteiger partial charge in [-0.1, -0.05) is 12.1 Å². The summed E-state index contributed by atoms with van der Waals surface area (Å²) < 4.78 is 82.0. The first-order valence-corrected chi connectivity index (χ1v) is 8.04. The van der Waals surface area contributed by atoms with Crippen molar-refractivity contribution < 1.29 is 40.7 Å². The summed E-state index contributed by atoms with van der Waals surface area (Å²) in [5.41, 5.74) is -0.669. The second kappa shape index (κ2) is 7.26. The normalized spacial score (nSPS) is 14.8. The molecule has 0 unspecified atom stereocenters. The molecule has 1 aliphatic heterocycles. The van der Waals surface area contributed by atoms with Gasteiger partial charge in [0.05, 0.1) is 5.69 Å². The summed E-state index contributed by atoms with van der Waals surface area (Å²) in [7, 11) is 0. The number of carbonyl (C=O) groups excluding carboxylic acids is 2. The molecule has 29 heavy (non-hydrogen) atoms. The van der Waals surface area contributed by atoms with E-state index in [0.717, 1.165) is 29.2 Å². The average molecular weight is 415 g/mol. The predicted octanol–water partition coefficient (Wildman–Crippen LogP) is 5.12. The highest BCUT2D eigenvalue weighted by Crippen LogP contribution is 2.46. The molecule has 0 aliphatic carbocycles. The van der Waals surface area contributed by atoms with E-state index in [1.54, 1.807) is 0 Å². The van der Waals surface area contributed by atoms with E-state index in [-0.39, 0.29) is 17.2 Å². The number of anilines is 1. The fourth-order valence-corrected chi connectivity index (χ4v) is 2.75. The van der Waals surface area contributed by atoms with Gasteiger partial charge in [0.15, 0.2) is 5.92 Å².